The first kappa shape index (κ1) is 12.8. The summed E-state index contributed by atoms with van der Waals surface area (Å²) in [4.78, 5) is 6.80. The number of benzene rings is 1. The average Bonchev–Trinajstić information content (AvgIpc) is 3.24. The molecule has 2 N–H and O–H groups in total. The highest BCUT2D eigenvalue weighted by molar-refractivity contribution is 5.43. The molecule has 0 radical (unpaired) electrons. The van der Waals surface area contributed by atoms with Gasteiger partial charge in [0.2, 0.25) is 5.95 Å². The topological polar surface area (TPSA) is 67.9 Å². The van der Waals surface area contributed by atoms with Crippen LogP contribution in [0, 0.1) is 13.8 Å². The molecule has 0 amide bonds. The van der Waals surface area contributed by atoms with E-state index in [0.29, 0.717) is 6.04 Å². The molecule has 1 fully saturated rings. The van der Waals surface area contributed by atoms with Gasteiger partial charge in [0, 0.05) is 18.3 Å². The van der Waals surface area contributed by atoms with Gasteiger partial charge in [-0.3, -0.25) is 0 Å². The molecule has 0 atom stereocenters. The second kappa shape index (κ2) is 5.07. The molecular formula is C15H19N5. The van der Waals surface area contributed by atoms with Gasteiger partial charge >= 0.3 is 0 Å². The average molecular weight is 269 g/mol. The van der Waals surface area contributed by atoms with E-state index in [1.54, 1.807) is 0 Å². The summed E-state index contributed by atoms with van der Waals surface area (Å²) in [6.07, 6.45) is 2.39. The summed E-state index contributed by atoms with van der Waals surface area (Å²) in [5.41, 5.74) is 9.64. The van der Waals surface area contributed by atoms with Crippen molar-refractivity contribution in [2.45, 2.75) is 39.3 Å². The van der Waals surface area contributed by atoms with Crippen molar-refractivity contribution in [2.75, 3.05) is 10.6 Å². The predicted octanol–water partition coefficient (Wildman–Crippen LogP) is 2.24. The second-order valence-electron chi connectivity index (χ2n) is 5.39. The Kier molecular flexibility index (Phi) is 3.26. The van der Waals surface area contributed by atoms with Crippen LogP contribution in [0.5, 0.6) is 0 Å². The molecule has 0 aliphatic heterocycles. The van der Waals surface area contributed by atoms with Gasteiger partial charge in [0.15, 0.2) is 0 Å². The van der Waals surface area contributed by atoms with Gasteiger partial charge in [-0.2, -0.15) is 5.10 Å². The van der Waals surface area contributed by atoms with Crippen LogP contribution in [0.2, 0.25) is 0 Å². The Balaban J connectivity index is 1.87. The molecule has 104 valence electrons. The van der Waals surface area contributed by atoms with Gasteiger partial charge in [0.1, 0.15) is 0 Å². The highest BCUT2D eigenvalue weighted by Gasteiger charge is 2.31. The quantitative estimate of drug-likeness (QED) is 0.862. The summed E-state index contributed by atoms with van der Waals surface area (Å²) in [6.45, 7) is 4.68. The third-order valence-corrected chi connectivity index (χ3v) is 3.63. The van der Waals surface area contributed by atoms with Crippen LogP contribution in [0.4, 0.5) is 11.6 Å². The maximum absolute atomic E-state index is 5.85. The molecule has 1 aromatic heterocycles. The molecular weight excluding hydrogens is 250 g/mol. The van der Waals surface area contributed by atoms with Gasteiger partial charge in [-0.05, 0) is 44.4 Å². The number of hydrogen-bond donors (Lipinski definition) is 1. The van der Waals surface area contributed by atoms with Crippen molar-refractivity contribution in [1.29, 1.82) is 0 Å². The van der Waals surface area contributed by atoms with E-state index in [9.17, 15) is 0 Å². The lowest BCUT2D eigenvalue weighted by Crippen LogP contribution is -2.27. The Hall–Kier alpha value is -2.17. The first-order valence-electron chi connectivity index (χ1n) is 6.92. The van der Waals surface area contributed by atoms with Crippen molar-refractivity contribution in [1.82, 2.24) is 15.2 Å². The molecule has 5 heteroatoms. The largest absolute Gasteiger partial charge is 0.399 e. The van der Waals surface area contributed by atoms with Gasteiger partial charge < -0.3 is 10.6 Å². The lowest BCUT2D eigenvalue weighted by molar-refractivity contribution is 0.730. The number of aromatic nitrogens is 3. The van der Waals surface area contributed by atoms with E-state index in [-0.39, 0.29) is 0 Å². The van der Waals surface area contributed by atoms with E-state index in [1.807, 2.05) is 32.0 Å². The Morgan fingerprint density at radius 2 is 2.00 bits per heavy atom. The summed E-state index contributed by atoms with van der Waals surface area (Å²) in [6, 6.07) is 8.50. The van der Waals surface area contributed by atoms with Crippen LogP contribution in [0.3, 0.4) is 0 Å². The summed E-state index contributed by atoms with van der Waals surface area (Å²) in [5, 5.41) is 8.44. The van der Waals surface area contributed by atoms with E-state index in [2.05, 4.69) is 26.1 Å². The normalized spacial score (nSPS) is 14.3. The summed E-state index contributed by atoms with van der Waals surface area (Å²) >= 11 is 0. The molecule has 1 heterocycles. The zero-order valence-corrected chi connectivity index (χ0v) is 11.9. The summed E-state index contributed by atoms with van der Waals surface area (Å²) < 4.78 is 0. The fourth-order valence-corrected chi connectivity index (χ4v) is 2.20. The number of anilines is 2. The molecule has 0 spiro atoms. The minimum Gasteiger partial charge on any atom is -0.399 e. The maximum Gasteiger partial charge on any atom is 0.246 e. The molecule has 1 aromatic carbocycles. The second-order valence-corrected chi connectivity index (χ2v) is 5.39. The van der Waals surface area contributed by atoms with Crippen LogP contribution in [0.1, 0.15) is 29.8 Å². The Bertz CT molecular complexity index is 621. The molecule has 1 aliphatic rings. The minimum atomic E-state index is 0.528. The summed E-state index contributed by atoms with van der Waals surface area (Å²) in [5.74, 6) is 0.720. The number of nitrogens with two attached hydrogens (primary N) is 1. The number of nitrogen functional groups attached to an aromatic ring is 1. The summed E-state index contributed by atoms with van der Waals surface area (Å²) in [7, 11) is 0. The minimum absolute atomic E-state index is 0.528. The Labute approximate surface area is 118 Å². The lowest BCUT2D eigenvalue weighted by atomic mass is 10.2. The molecule has 20 heavy (non-hydrogen) atoms. The van der Waals surface area contributed by atoms with Crippen molar-refractivity contribution in [2.24, 2.45) is 0 Å². The molecule has 3 rings (SSSR count). The number of rotatable bonds is 4. The van der Waals surface area contributed by atoms with Gasteiger partial charge in [-0.25, -0.2) is 4.98 Å². The third-order valence-electron chi connectivity index (χ3n) is 3.63. The Morgan fingerprint density at radius 3 is 2.65 bits per heavy atom. The Morgan fingerprint density at radius 1 is 1.20 bits per heavy atom. The zero-order valence-electron chi connectivity index (χ0n) is 11.9. The number of hydrogen-bond acceptors (Lipinski definition) is 5. The van der Waals surface area contributed by atoms with Crippen molar-refractivity contribution >= 4 is 11.6 Å². The van der Waals surface area contributed by atoms with Crippen LogP contribution >= 0.6 is 0 Å². The molecule has 1 aliphatic carbocycles. The molecule has 2 aromatic rings. The molecule has 0 bridgehead atoms. The van der Waals surface area contributed by atoms with E-state index < -0.39 is 0 Å². The first-order chi connectivity index (χ1) is 9.63. The van der Waals surface area contributed by atoms with Gasteiger partial charge in [0.25, 0.3) is 0 Å². The van der Waals surface area contributed by atoms with Crippen LogP contribution in [0.15, 0.2) is 24.3 Å². The molecule has 5 nitrogen and oxygen atoms in total. The zero-order chi connectivity index (χ0) is 14.1. The first-order valence-corrected chi connectivity index (χ1v) is 6.92. The van der Waals surface area contributed by atoms with Crippen molar-refractivity contribution in [3.63, 3.8) is 0 Å². The third kappa shape index (κ3) is 2.71. The van der Waals surface area contributed by atoms with E-state index in [1.165, 1.54) is 18.4 Å². The highest BCUT2D eigenvalue weighted by atomic mass is 15.3. The van der Waals surface area contributed by atoms with Crippen molar-refractivity contribution in [3.8, 4) is 0 Å². The number of aryl methyl sites for hydroxylation is 2. The standard InChI is InChI=1S/C15H19N5/c1-10-11(2)18-19-15(17-10)20(14-6-7-14)9-12-4-3-5-13(16)8-12/h3-5,8,14H,6-7,9,16H2,1-2H3. The molecule has 0 unspecified atom stereocenters. The van der Waals surface area contributed by atoms with Gasteiger partial charge in [-0.1, -0.05) is 12.1 Å². The molecule has 0 saturated heterocycles. The van der Waals surface area contributed by atoms with E-state index in [4.69, 9.17) is 5.73 Å². The van der Waals surface area contributed by atoms with Crippen molar-refractivity contribution < 1.29 is 0 Å². The van der Waals surface area contributed by atoms with Gasteiger partial charge in [-0.15, -0.1) is 5.10 Å². The predicted molar refractivity (Wildman–Crippen MR) is 79.4 cm³/mol. The highest BCUT2D eigenvalue weighted by Crippen LogP contribution is 2.31. The lowest BCUT2D eigenvalue weighted by Gasteiger charge is -2.22. The number of nitrogens with zero attached hydrogens (tertiary/aromatic N) is 4. The maximum atomic E-state index is 5.85. The smallest absolute Gasteiger partial charge is 0.246 e. The SMILES string of the molecule is Cc1nnc(N(Cc2cccc(N)c2)C2CC2)nc1C. The van der Waals surface area contributed by atoms with Crippen LogP contribution in [-0.4, -0.2) is 21.2 Å². The van der Waals surface area contributed by atoms with Crippen LogP contribution < -0.4 is 10.6 Å². The monoisotopic (exact) mass is 269 g/mol. The fraction of sp³-hybridized carbons (Fsp3) is 0.400. The van der Waals surface area contributed by atoms with Gasteiger partial charge in [0.05, 0.1) is 11.4 Å². The molecule has 1 saturated carbocycles. The fourth-order valence-electron chi connectivity index (χ4n) is 2.20. The van der Waals surface area contributed by atoms with Crippen LogP contribution in [0.25, 0.3) is 0 Å². The van der Waals surface area contributed by atoms with E-state index in [0.717, 1.165) is 29.6 Å². The van der Waals surface area contributed by atoms with E-state index >= 15 is 0 Å². The van der Waals surface area contributed by atoms with Crippen molar-refractivity contribution in [3.05, 3.63) is 41.2 Å². The van der Waals surface area contributed by atoms with Crippen LogP contribution in [-0.2, 0) is 6.54 Å².